The number of nitrogens with zero attached hydrogens (tertiary/aromatic N) is 3. The van der Waals surface area contributed by atoms with E-state index in [2.05, 4.69) is 20.1 Å². The van der Waals surface area contributed by atoms with Crippen molar-refractivity contribution in [1.82, 2.24) is 20.1 Å². The maximum absolute atomic E-state index is 5.96. The number of hydrogen-bond acceptors (Lipinski definition) is 3. The molecule has 1 aromatic heterocycles. The highest BCUT2D eigenvalue weighted by molar-refractivity contribution is 6.34. The standard InChI is InChI=1S/C12H14Cl2N4/c1-18(7-12-15-8-16-17-12)3-2-9-4-10(13)6-11(14)5-9/h4-6,8H,2-3,7H2,1H3,(H,15,16,17). The van der Waals surface area contributed by atoms with Gasteiger partial charge in [0.15, 0.2) is 0 Å². The highest BCUT2D eigenvalue weighted by Gasteiger charge is 2.04. The average Bonchev–Trinajstić information content (AvgIpc) is 2.78. The predicted molar refractivity (Wildman–Crippen MR) is 72.9 cm³/mol. The highest BCUT2D eigenvalue weighted by atomic mass is 35.5. The van der Waals surface area contributed by atoms with E-state index in [-0.39, 0.29) is 0 Å². The van der Waals surface area contributed by atoms with Gasteiger partial charge in [-0.1, -0.05) is 23.2 Å². The van der Waals surface area contributed by atoms with Crippen LogP contribution in [0.15, 0.2) is 24.5 Å². The molecule has 96 valence electrons. The minimum absolute atomic E-state index is 0.676. The van der Waals surface area contributed by atoms with Crippen molar-refractivity contribution in [3.63, 3.8) is 0 Å². The molecule has 0 amide bonds. The quantitative estimate of drug-likeness (QED) is 0.918. The van der Waals surface area contributed by atoms with Crippen molar-refractivity contribution >= 4 is 23.2 Å². The molecule has 1 N–H and O–H groups in total. The van der Waals surface area contributed by atoms with Crippen LogP contribution in [-0.4, -0.2) is 33.7 Å². The summed E-state index contributed by atoms with van der Waals surface area (Å²) in [6, 6.07) is 5.62. The van der Waals surface area contributed by atoms with E-state index in [1.54, 1.807) is 6.07 Å². The molecule has 1 heterocycles. The van der Waals surface area contributed by atoms with Crippen molar-refractivity contribution in [2.75, 3.05) is 13.6 Å². The minimum atomic E-state index is 0.676. The molecule has 0 unspecified atom stereocenters. The van der Waals surface area contributed by atoms with E-state index in [4.69, 9.17) is 23.2 Å². The monoisotopic (exact) mass is 284 g/mol. The summed E-state index contributed by atoms with van der Waals surface area (Å²) in [7, 11) is 2.04. The Kier molecular flexibility index (Phi) is 4.58. The fourth-order valence-corrected chi connectivity index (χ4v) is 2.29. The third-order valence-corrected chi connectivity index (χ3v) is 3.03. The predicted octanol–water partition coefficient (Wildman–Crippen LogP) is 2.79. The van der Waals surface area contributed by atoms with E-state index in [1.165, 1.54) is 6.33 Å². The van der Waals surface area contributed by atoms with E-state index >= 15 is 0 Å². The summed E-state index contributed by atoms with van der Waals surface area (Å²) in [6.45, 7) is 1.64. The van der Waals surface area contributed by atoms with Gasteiger partial charge in [0.25, 0.3) is 0 Å². The molecule has 2 rings (SSSR count). The molecule has 0 aliphatic carbocycles. The summed E-state index contributed by atoms with van der Waals surface area (Å²) in [4.78, 5) is 6.25. The van der Waals surface area contributed by atoms with Crippen LogP contribution in [-0.2, 0) is 13.0 Å². The van der Waals surface area contributed by atoms with Crippen LogP contribution in [0.3, 0.4) is 0 Å². The Morgan fingerprint density at radius 2 is 1.94 bits per heavy atom. The first-order valence-electron chi connectivity index (χ1n) is 5.61. The van der Waals surface area contributed by atoms with Gasteiger partial charge < -0.3 is 0 Å². The van der Waals surface area contributed by atoms with Gasteiger partial charge in [-0.3, -0.25) is 10.00 Å². The lowest BCUT2D eigenvalue weighted by Gasteiger charge is -2.14. The largest absolute Gasteiger partial charge is 0.299 e. The van der Waals surface area contributed by atoms with Crippen LogP contribution in [0, 0.1) is 0 Å². The summed E-state index contributed by atoms with van der Waals surface area (Å²) >= 11 is 11.9. The number of hydrogen-bond donors (Lipinski definition) is 1. The third-order valence-electron chi connectivity index (χ3n) is 2.59. The number of aromatic nitrogens is 3. The van der Waals surface area contributed by atoms with Crippen LogP contribution in [0.25, 0.3) is 0 Å². The number of likely N-dealkylation sites (N-methyl/N-ethyl adjacent to an activating group) is 1. The van der Waals surface area contributed by atoms with Gasteiger partial charge in [0.2, 0.25) is 0 Å². The van der Waals surface area contributed by atoms with Crippen LogP contribution >= 0.6 is 23.2 Å². The number of rotatable bonds is 5. The fraction of sp³-hybridized carbons (Fsp3) is 0.333. The summed E-state index contributed by atoms with van der Waals surface area (Å²) in [5, 5.41) is 8.01. The molecule has 6 heteroatoms. The smallest absolute Gasteiger partial charge is 0.138 e. The van der Waals surface area contributed by atoms with Crippen LogP contribution in [0.5, 0.6) is 0 Å². The molecule has 0 spiro atoms. The zero-order chi connectivity index (χ0) is 13.0. The zero-order valence-electron chi connectivity index (χ0n) is 10.0. The van der Waals surface area contributed by atoms with Gasteiger partial charge in [0, 0.05) is 16.6 Å². The molecule has 0 saturated heterocycles. The minimum Gasteiger partial charge on any atom is -0.299 e. The van der Waals surface area contributed by atoms with Gasteiger partial charge in [-0.25, -0.2) is 4.98 Å². The van der Waals surface area contributed by atoms with Gasteiger partial charge in [-0.15, -0.1) is 0 Å². The second-order valence-corrected chi connectivity index (χ2v) is 5.07. The van der Waals surface area contributed by atoms with Gasteiger partial charge >= 0.3 is 0 Å². The third kappa shape index (κ3) is 3.98. The summed E-state index contributed by atoms with van der Waals surface area (Å²) < 4.78 is 0. The lowest BCUT2D eigenvalue weighted by Crippen LogP contribution is -2.21. The molecular weight excluding hydrogens is 271 g/mol. The first-order chi connectivity index (χ1) is 8.63. The highest BCUT2D eigenvalue weighted by Crippen LogP contribution is 2.19. The molecule has 0 atom stereocenters. The molecule has 0 radical (unpaired) electrons. The van der Waals surface area contributed by atoms with Crippen LogP contribution in [0.4, 0.5) is 0 Å². The van der Waals surface area contributed by atoms with Gasteiger partial charge in [0.05, 0.1) is 6.54 Å². The van der Waals surface area contributed by atoms with Crippen LogP contribution in [0.1, 0.15) is 11.4 Å². The lowest BCUT2D eigenvalue weighted by molar-refractivity contribution is 0.323. The normalized spacial score (nSPS) is 11.1. The van der Waals surface area contributed by atoms with Gasteiger partial charge in [-0.05, 0) is 37.2 Å². The molecule has 18 heavy (non-hydrogen) atoms. The Bertz CT molecular complexity index is 479. The Balaban J connectivity index is 1.87. The number of benzene rings is 1. The first kappa shape index (κ1) is 13.3. The molecule has 0 bridgehead atoms. The Hall–Kier alpha value is -1.10. The molecule has 0 saturated carbocycles. The van der Waals surface area contributed by atoms with E-state index < -0.39 is 0 Å². The van der Waals surface area contributed by atoms with Crippen molar-refractivity contribution in [3.8, 4) is 0 Å². The maximum Gasteiger partial charge on any atom is 0.138 e. The van der Waals surface area contributed by atoms with E-state index in [0.717, 1.165) is 30.9 Å². The van der Waals surface area contributed by atoms with Crippen molar-refractivity contribution < 1.29 is 0 Å². The number of H-pyrrole nitrogens is 1. The summed E-state index contributed by atoms with van der Waals surface area (Å²) in [6.07, 6.45) is 2.41. The zero-order valence-corrected chi connectivity index (χ0v) is 11.5. The topological polar surface area (TPSA) is 44.8 Å². The second kappa shape index (κ2) is 6.18. The Morgan fingerprint density at radius 3 is 2.56 bits per heavy atom. The maximum atomic E-state index is 5.96. The molecule has 4 nitrogen and oxygen atoms in total. The summed E-state index contributed by atoms with van der Waals surface area (Å²) in [5.74, 6) is 0.863. The van der Waals surface area contributed by atoms with E-state index in [1.807, 2.05) is 19.2 Å². The van der Waals surface area contributed by atoms with E-state index in [0.29, 0.717) is 10.0 Å². The lowest BCUT2D eigenvalue weighted by atomic mass is 10.1. The van der Waals surface area contributed by atoms with Gasteiger partial charge in [-0.2, -0.15) is 5.10 Å². The van der Waals surface area contributed by atoms with Gasteiger partial charge in [0.1, 0.15) is 12.2 Å². The van der Waals surface area contributed by atoms with Crippen molar-refractivity contribution in [2.45, 2.75) is 13.0 Å². The molecule has 0 aliphatic rings. The van der Waals surface area contributed by atoms with E-state index in [9.17, 15) is 0 Å². The van der Waals surface area contributed by atoms with Crippen LogP contribution in [0.2, 0.25) is 10.0 Å². The van der Waals surface area contributed by atoms with Crippen molar-refractivity contribution in [1.29, 1.82) is 0 Å². The van der Waals surface area contributed by atoms with Crippen LogP contribution < -0.4 is 0 Å². The number of halogens is 2. The second-order valence-electron chi connectivity index (χ2n) is 4.20. The number of nitrogens with one attached hydrogen (secondary N) is 1. The molecule has 0 fully saturated rings. The summed E-state index contributed by atoms with van der Waals surface area (Å²) in [5.41, 5.74) is 1.14. The molecular formula is C12H14Cl2N4. The van der Waals surface area contributed by atoms with Crippen molar-refractivity contribution in [2.24, 2.45) is 0 Å². The first-order valence-corrected chi connectivity index (χ1v) is 6.37. The number of aromatic amines is 1. The van der Waals surface area contributed by atoms with Crippen molar-refractivity contribution in [3.05, 3.63) is 46.0 Å². The molecule has 0 aliphatic heterocycles. The Labute approximate surface area is 116 Å². The molecule has 2 aromatic rings. The Morgan fingerprint density at radius 1 is 1.22 bits per heavy atom. The fourth-order valence-electron chi connectivity index (χ4n) is 1.72. The average molecular weight is 285 g/mol. The SMILES string of the molecule is CN(CCc1cc(Cl)cc(Cl)c1)Cc1ncn[nH]1. The molecule has 1 aromatic carbocycles.